The minimum Gasteiger partial charge on any atom is -0.494 e. The van der Waals surface area contributed by atoms with Crippen molar-refractivity contribution < 1.29 is 4.74 Å². The van der Waals surface area contributed by atoms with Gasteiger partial charge in [-0.05, 0) is 92.1 Å². The van der Waals surface area contributed by atoms with Crippen molar-refractivity contribution in [1.82, 2.24) is 0 Å². The lowest BCUT2D eigenvalue weighted by atomic mass is 10.1. The fraction of sp³-hybridized carbons (Fsp3) is 0.400. The number of unbranched alkanes of at least 4 members (excludes halogenated alkanes) is 5. The fourth-order valence-electron chi connectivity index (χ4n) is 4.20. The molecule has 6 nitrogen and oxygen atoms in total. The zero-order valence-corrected chi connectivity index (χ0v) is 21.4. The summed E-state index contributed by atoms with van der Waals surface area (Å²) in [5.41, 5.74) is 4.46. The highest BCUT2D eigenvalue weighted by Gasteiger charge is 2.11. The van der Waals surface area contributed by atoms with Crippen LogP contribution in [0.15, 0.2) is 93.3 Å². The maximum absolute atomic E-state index is 5.83. The van der Waals surface area contributed by atoms with E-state index in [-0.39, 0.29) is 0 Å². The number of hydrogen-bond acceptors (Lipinski definition) is 6. The zero-order chi connectivity index (χ0) is 24.8. The van der Waals surface area contributed by atoms with Crippen molar-refractivity contribution in [3.05, 3.63) is 72.8 Å². The summed E-state index contributed by atoms with van der Waals surface area (Å²) in [7, 11) is 0. The Morgan fingerprint density at radius 2 is 1.03 bits per heavy atom. The summed E-state index contributed by atoms with van der Waals surface area (Å²) >= 11 is 0. The smallest absolute Gasteiger partial charge is 0.119 e. The molecule has 6 heteroatoms. The normalized spacial score (nSPS) is 13.8. The van der Waals surface area contributed by atoms with Crippen LogP contribution < -0.4 is 9.64 Å². The first-order valence-corrected chi connectivity index (χ1v) is 13.3. The lowest BCUT2D eigenvalue weighted by Crippen LogP contribution is -2.17. The zero-order valence-electron chi connectivity index (χ0n) is 21.4. The SMILES string of the molecule is CCCCCCCCOc1ccc(N=Nc2ccc(N=Nc3ccc(N4CCCC4)cc3)cc2)cc1. The van der Waals surface area contributed by atoms with Crippen molar-refractivity contribution in [2.24, 2.45) is 20.5 Å². The fourth-order valence-corrected chi connectivity index (χ4v) is 4.20. The van der Waals surface area contributed by atoms with Crippen molar-refractivity contribution in [2.45, 2.75) is 58.3 Å². The lowest BCUT2D eigenvalue weighted by molar-refractivity contribution is 0.304. The van der Waals surface area contributed by atoms with Crippen LogP contribution in [0.2, 0.25) is 0 Å². The molecule has 1 aliphatic heterocycles. The Balaban J connectivity index is 1.21. The molecule has 0 aliphatic carbocycles. The van der Waals surface area contributed by atoms with Crippen LogP contribution in [0.3, 0.4) is 0 Å². The first-order valence-electron chi connectivity index (χ1n) is 13.3. The molecule has 0 aromatic heterocycles. The van der Waals surface area contributed by atoms with Crippen LogP contribution in [0.25, 0.3) is 0 Å². The van der Waals surface area contributed by atoms with E-state index in [1.165, 1.54) is 50.6 Å². The Morgan fingerprint density at radius 3 is 1.56 bits per heavy atom. The number of anilines is 1. The third-order valence-corrected chi connectivity index (χ3v) is 6.34. The maximum atomic E-state index is 5.83. The highest BCUT2D eigenvalue weighted by atomic mass is 16.5. The number of benzene rings is 3. The molecule has 3 aromatic carbocycles. The molecule has 1 aliphatic rings. The lowest BCUT2D eigenvalue weighted by Gasteiger charge is -2.17. The number of nitrogens with zero attached hydrogens (tertiary/aromatic N) is 5. The highest BCUT2D eigenvalue weighted by Crippen LogP contribution is 2.26. The van der Waals surface area contributed by atoms with Crippen LogP contribution in [0.5, 0.6) is 5.75 Å². The van der Waals surface area contributed by atoms with Gasteiger partial charge in [-0.1, -0.05) is 39.0 Å². The second kappa shape index (κ2) is 14.1. The highest BCUT2D eigenvalue weighted by molar-refractivity contribution is 5.54. The standard InChI is InChI=1S/C30H37N5O/c1-2-3-4-5-6-9-24-36-30-20-16-28(17-21-30)34-32-26-12-10-25(11-13-26)31-33-27-14-18-29(19-15-27)35-22-7-8-23-35/h10-21H,2-9,22-24H2,1H3. The first kappa shape index (κ1) is 25.5. The van der Waals surface area contributed by atoms with E-state index in [9.17, 15) is 0 Å². The average Bonchev–Trinajstić information content (AvgIpc) is 3.47. The molecule has 4 rings (SSSR count). The molecule has 1 saturated heterocycles. The summed E-state index contributed by atoms with van der Waals surface area (Å²) < 4.78 is 5.83. The summed E-state index contributed by atoms with van der Waals surface area (Å²) in [6.45, 7) is 5.29. The topological polar surface area (TPSA) is 61.9 Å². The Bertz CT molecular complexity index is 1090. The summed E-state index contributed by atoms with van der Waals surface area (Å²) in [5.74, 6) is 0.878. The van der Waals surface area contributed by atoms with Crippen LogP contribution in [-0.2, 0) is 0 Å². The number of hydrogen-bond donors (Lipinski definition) is 0. The Labute approximate surface area is 215 Å². The molecule has 0 saturated carbocycles. The van der Waals surface area contributed by atoms with Gasteiger partial charge in [0.15, 0.2) is 0 Å². The molecule has 0 spiro atoms. The molecular weight excluding hydrogens is 446 g/mol. The molecule has 0 N–H and O–H groups in total. The van der Waals surface area contributed by atoms with Crippen LogP contribution in [0.1, 0.15) is 58.3 Å². The Hall–Kier alpha value is -3.54. The van der Waals surface area contributed by atoms with Gasteiger partial charge in [-0.3, -0.25) is 0 Å². The summed E-state index contributed by atoms with van der Waals surface area (Å²) in [6, 6.07) is 23.6. The second-order valence-corrected chi connectivity index (χ2v) is 9.24. The molecule has 0 amide bonds. The van der Waals surface area contributed by atoms with E-state index >= 15 is 0 Å². The Kier molecular flexibility index (Phi) is 10.0. The van der Waals surface area contributed by atoms with Crippen LogP contribution in [0, 0.1) is 0 Å². The van der Waals surface area contributed by atoms with Gasteiger partial charge in [0.25, 0.3) is 0 Å². The van der Waals surface area contributed by atoms with Crippen molar-refractivity contribution in [3.63, 3.8) is 0 Å². The maximum Gasteiger partial charge on any atom is 0.119 e. The van der Waals surface area contributed by atoms with Gasteiger partial charge in [-0.25, -0.2) is 0 Å². The van der Waals surface area contributed by atoms with E-state index in [1.54, 1.807) is 0 Å². The van der Waals surface area contributed by atoms with Gasteiger partial charge < -0.3 is 9.64 Å². The molecular formula is C30H37N5O. The van der Waals surface area contributed by atoms with Gasteiger partial charge in [0.1, 0.15) is 5.75 Å². The average molecular weight is 484 g/mol. The molecule has 1 fully saturated rings. The number of rotatable bonds is 13. The third kappa shape index (κ3) is 8.29. The van der Waals surface area contributed by atoms with Crippen LogP contribution in [-0.4, -0.2) is 19.7 Å². The van der Waals surface area contributed by atoms with E-state index in [1.807, 2.05) is 60.7 Å². The van der Waals surface area contributed by atoms with Crippen molar-refractivity contribution >= 4 is 28.4 Å². The third-order valence-electron chi connectivity index (χ3n) is 6.34. The molecule has 188 valence electrons. The van der Waals surface area contributed by atoms with Crippen molar-refractivity contribution in [2.75, 3.05) is 24.6 Å². The predicted octanol–water partition coefficient (Wildman–Crippen LogP) is 9.86. The first-order chi connectivity index (χ1) is 17.8. The van der Waals surface area contributed by atoms with Gasteiger partial charge in [-0.2, -0.15) is 20.5 Å². The monoisotopic (exact) mass is 483 g/mol. The van der Waals surface area contributed by atoms with E-state index in [0.717, 1.165) is 54.6 Å². The molecule has 1 heterocycles. The molecule has 0 unspecified atom stereocenters. The molecule has 0 bridgehead atoms. The quantitative estimate of drug-likeness (QED) is 0.179. The van der Waals surface area contributed by atoms with Crippen molar-refractivity contribution in [1.29, 1.82) is 0 Å². The second-order valence-electron chi connectivity index (χ2n) is 9.24. The van der Waals surface area contributed by atoms with Crippen LogP contribution >= 0.6 is 0 Å². The summed E-state index contributed by atoms with van der Waals surface area (Å²) in [4.78, 5) is 2.41. The van der Waals surface area contributed by atoms with E-state index in [0.29, 0.717) is 0 Å². The van der Waals surface area contributed by atoms with E-state index < -0.39 is 0 Å². The van der Waals surface area contributed by atoms with Gasteiger partial charge in [0.05, 0.1) is 29.4 Å². The number of ether oxygens (including phenoxy) is 1. The minimum atomic E-state index is 0.764. The predicted molar refractivity (Wildman–Crippen MR) is 148 cm³/mol. The molecule has 36 heavy (non-hydrogen) atoms. The summed E-state index contributed by atoms with van der Waals surface area (Å²) in [5, 5.41) is 17.4. The molecule has 0 atom stereocenters. The van der Waals surface area contributed by atoms with E-state index in [2.05, 4.69) is 44.4 Å². The van der Waals surface area contributed by atoms with Gasteiger partial charge >= 0.3 is 0 Å². The largest absolute Gasteiger partial charge is 0.494 e. The molecule has 0 radical (unpaired) electrons. The number of azo groups is 2. The van der Waals surface area contributed by atoms with Gasteiger partial charge in [-0.15, -0.1) is 0 Å². The van der Waals surface area contributed by atoms with Crippen molar-refractivity contribution in [3.8, 4) is 5.75 Å². The van der Waals surface area contributed by atoms with Gasteiger partial charge in [0, 0.05) is 18.8 Å². The van der Waals surface area contributed by atoms with Gasteiger partial charge in [0.2, 0.25) is 0 Å². The van der Waals surface area contributed by atoms with E-state index in [4.69, 9.17) is 4.74 Å². The summed E-state index contributed by atoms with van der Waals surface area (Å²) in [6.07, 6.45) is 10.1. The minimum absolute atomic E-state index is 0.764. The van der Waals surface area contributed by atoms with Crippen LogP contribution in [0.4, 0.5) is 28.4 Å². The molecule has 3 aromatic rings. The Morgan fingerprint density at radius 1 is 0.583 bits per heavy atom.